The Morgan fingerprint density at radius 2 is 1.62 bits per heavy atom. The second-order valence-corrected chi connectivity index (χ2v) is 3.34. The largest absolute Gasteiger partial charge is 0.409 e. The van der Waals surface area contributed by atoms with Crippen LogP contribution in [-0.4, -0.2) is 32.2 Å². The molecular formula is C9H16BN3O3. The summed E-state index contributed by atoms with van der Waals surface area (Å²) in [4.78, 5) is 32.3. The van der Waals surface area contributed by atoms with E-state index < -0.39 is 0 Å². The van der Waals surface area contributed by atoms with Crippen LogP contribution < -0.4 is 16.3 Å². The van der Waals surface area contributed by atoms with Gasteiger partial charge in [-0.25, -0.2) is 0 Å². The highest BCUT2D eigenvalue weighted by Gasteiger charge is 2.03. The van der Waals surface area contributed by atoms with Crippen molar-refractivity contribution in [2.75, 3.05) is 6.54 Å². The van der Waals surface area contributed by atoms with Gasteiger partial charge >= 0.3 is 0 Å². The molecule has 0 bridgehead atoms. The summed E-state index contributed by atoms with van der Waals surface area (Å²) < 4.78 is 0. The predicted molar refractivity (Wildman–Crippen MR) is 59.2 cm³/mol. The van der Waals surface area contributed by atoms with Crippen LogP contribution in [0.3, 0.4) is 0 Å². The number of primary amides is 1. The van der Waals surface area contributed by atoms with Crippen LogP contribution in [0.25, 0.3) is 0 Å². The summed E-state index contributed by atoms with van der Waals surface area (Å²) >= 11 is 0. The first-order valence-electron chi connectivity index (χ1n) is 5.10. The van der Waals surface area contributed by atoms with Gasteiger partial charge in [-0.2, -0.15) is 0 Å². The number of nitrogens with one attached hydrogen (secondary N) is 2. The Kier molecular flexibility index (Phi) is 7.92. The number of hydrogen-bond donors (Lipinski definition) is 3. The van der Waals surface area contributed by atoms with E-state index in [-0.39, 0.29) is 37.0 Å². The number of carbonyl (C=O) groups is 3. The molecule has 0 rings (SSSR count). The van der Waals surface area contributed by atoms with E-state index in [4.69, 9.17) is 13.7 Å². The van der Waals surface area contributed by atoms with Crippen LogP contribution in [0.5, 0.6) is 0 Å². The van der Waals surface area contributed by atoms with Gasteiger partial charge in [0.2, 0.25) is 25.7 Å². The molecule has 0 heterocycles. The Bertz CT molecular complexity index is 258. The molecule has 2 radical (unpaired) electrons. The summed E-state index contributed by atoms with van der Waals surface area (Å²) in [5, 5.41) is 4.60. The summed E-state index contributed by atoms with van der Waals surface area (Å²) in [6.45, 7) is 0.421. The molecule has 0 spiro atoms. The predicted octanol–water partition coefficient (Wildman–Crippen LogP) is -1.26. The second kappa shape index (κ2) is 8.76. The summed E-state index contributed by atoms with van der Waals surface area (Å²) in [5.41, 5.74) is 4.93. The lowest BCUT2D eigenvalue weighted by Crippen LogP contribution is -2.26. The molecule has 0 saturated carbocycles. The lowest BCUT2D eigenvalue weighted by Gasteiger charge is -2.03. The molecule has 3 amide bonds. The standard InChI is InChI=1S/C9H16BN3O3/c10-13-9(16)5-1-4-8(15)12-6-2-3-7(11)14/h1-6H2,(H2,11,14)(H,12,15)(H,13,16). The van der Waals surface area contributed by atoms with Crippen LogP contribution in [-0.2, 0) is 14.4 Å². The first-order chi connectivity index (χ1) is 7.56. The molecule has 88 valence electrons. The molecule has 16 heavy (non-hydrogen) atoms. The fraction of sp³-hybridized carbons (Fsp3) is 0.667. The van der Waals surface area contributed by atoms with Crippen LogP contribution in [0.1, 0.15) is 32.1 Å². The quantitative estimate of drug-likeness (QED) is 0.355. The van der Waals surface area contributed by atoms with Gasteiger partial charge in [-0.1, -0.05) is 0 Å². The Morgan fingerprint density at radius 1 is 1.00 bits per heavy atom. The normalized spacial score (nSPS) is 9.50. The molecular weight excluding hydrogens is 209 g/mol. The maximum absolute atomic E-state index is 11.2. The van der Waals surface area contributed by atoms with Crippen molar-refractivity contribution in [2.45, 2.75) is 32.1 Å². The minimum Gasteiger partial charge on any atom is -0.409 e. The summed E-state index contributed by atoms with van der Waals surface area (Å²) in [6, 6.07) is 0. The van der Waals surface area contributed by atoms with Crippen LogP contribution >= 0.6 is 0 Å². The molecule has 0 atom stereocenters. The van der Waals surface area contributed by atoms with Crippen molar-refractivity contribution in [1.29, 1.82) is 0 Å². The monoisotopic (exact) mass is 225 g/mol. The molecule has 0 aromatic heterocycles. The number of nitrogens with two attached hydrogens (primary N) is 1. The van der Waals surface area contributed by atoms with E-state index in [9.17, 15) is 14.4 Å². The minimum atomic E-state index is -0.381. The molecule has 0 unspecified atom stereocenters. The fourth-order valence-electron chi connectivity index (χ4n) is 1.06. The van der Waals surface area contributed by atoms with Crippen molar-refractivity contribution in [3.8, 4) is 0 Å². The van der Waals surface area contributed by atoms with E-state index in [1.165, 1.54) is 0 Å². The number of hydrogen-bond acceptors (Lipinski definition) is 3. The first-order valence-corrected chi connectivity index (χ1v) is 5.10. The molecule has 0 aliphatic carbocycles. The van der Waals surface area contributed by atoms with E-state index >= 15 is 0 Å². The third-order valence-electron chi connectivity index (χ3n) is 1.89. The maximum Gasteiger partial charge on any atom is 0.226 e. The van der Waals surface area contributed by atoms with Crippen molar-refractivity contribution in [3.05, 3.63) is 0 Å². The summed E-state index contributed by atoms with van der Waals surface area (Å²) in [5.74, 6) is -0.815. The summed E-state index contributed by atoms with van der Waals surface area (Å²) in [6.07, 6.45) is 1.74. The second-order valence-electron chi connectivity index (χ2n) is 3.34. The van der Waals surface area contributed by atoms with Crippen LogP contribution in [0, 0.1) is 0 Å². The van der Waals surface area contributed by atoms with Gasteiger partial charge in [0.15, 0.2) is 0 Å². The molecule has 0 saturated heterocycles. The molecule has 0 aliphatic heterocycles. The molecule has 0 aromatic rings. The average Bonchev–Trinajstić information content (AvgIpc) is 2.24. The van der Waals surface area contributed by atoms with Crippen molar-refractivity contribution in [2.24, 2.45) is 5.73 Å². The smallest absolute Gasteiger partial charge is 0.226 e. The van der Waals surface area contributed by atoms with E-state index in [2.05, 4.69) is 5.32 Å². The van der Waals surface area contributed by atoms with Crippen LogP contribution in [0.2, 0.25) is 0 Å². The van der Waals surface area contributed by atoms with Crippen molar-refractivity contribution in [3.63, 3.8) is 0 Å². The highest BCUT2D eigenvalue weighted by Crippen LogP contribution is 1.95. The molecule has 4 N–H and O–H groups in total. The molecule has 6 nitrogen and oxygen atoms in total. The van der Waals surface area contributed by atoms with Crippen molar-refractivity contribution < 1.29 is 14.4 Å². The van der Waals surface area contributed by atoms with Gasteiger partial charge in [0, 0.05) is 25.8 Å². The van der Waals surface area contributed by atoms with Gasteiger partial charge in [0.1, 0.15) is 0 Å². The van der Waals surface area contributed by atoms with Crippen molar-refractivity contribution >= 4 is 25.7 Å². The topological polar surface area (TPSA) is 101 Å². The molecule has 0 aromatic carbocycles. The van der Waals surface area contributed by atoms with E-state index in [0.29, 0.717) is 19.4 Å². The zero-order valence-corrected chi connectivity index (χ0v) is 9.12. The Hall–Kier alpha value is -1.53. The van der Waals surface area contributed by atoms with E-state index in [1.54, 1.807) is 0 Å². The Labute approximate surface area is 95.8 Å². The number of rotatable bonds is 8. The zero-order chi connectivity index (χ0) is 12.4. The van der Waals surface area contributed by atoms with Gasteiger partial charge in [0.05, 0.1) is 0 Å². The van der Waals surface area contributed by atoms with Crippen LogP contribution in [0.4, 0.5) is 0 Å². The van der Waals surface area contributed by atoms with Gasteiger partial charge < -0.3 is 16.3 Å². The van der Waals surface area contributed by atoms with Gasteiger partial charge in [-0.3, -0.25) is 14.4 Å². The number of carbonyl (C=O) groups excluding carboxylic acids is 3. The summed E-state index contributed by atoms with van der Waals surface area (Å²) in [7, 11) is 4.87. The van der Waals surface area contributed by atoms with Gasteiger partial charge in [-0.05, 0) is 12.8 Å². The minimum absolute atomic E-state index is 0.144. The zero-order valence-electron chi connectivity index (χ0n) is 9.12. The van der Waals surface area contributed by atoms with Gasteiger partial charge in [0.25, 0.3) is 0 Å². The van der Waals surface area contributed by atoms with E-state index in [1.807, 2.05) is 5.23 Å². The lowest BCUT2D eigenvalue weighted by atomic mass is 10.2. The van der Waals surface area contributed by atoms with Crippen LogP contribution in [0.15, 0.2) is 0 Å². The third-order valence-corrected chi connectivity index (χ3v) is 1.89. The fourth-order valence-corrected chi connectivity index (χ4v) is 1.06. The SMILES string of the molecule is [B]NC(=O)CCCC(=O)NCCCC(N)=O. The average molecular weight is 225 g/mol. The third kappa shape index (κ3) is 9.05. The highest BCUT2D eigenvalue weighted by molar-refractivity contribution is 6.14. The van der Waals surface area contributed by atoms with Gasteiger partial charge in [-0.15, -0.1) is 0 Å². The van der Waals surface area contributed by atoms with E-state index in [0.717, 1.165) is 0 Å². The number of amides is 3. The Morgan fingerprint density at radius 3 is 2.19 bits per heavy atom. The Balaban J connectivity index is 3.38. The lowest BCUT2D eigenvalue weighted by molar-refractivity contribution is -0.122. The first kappa shape index (κ1) is 14.5. The molecule has 7 heteroatoms. The van der Waals surface area contributed by atoms with Crippen molar-refractivity contribution in [1.82, 2.24) is 10.5 Å². The highest BCUT2D eigenvalue weighted by atomic mass is 16.2. The molecule has 0 fully saturated rings. The molecule has 0 aliphatic rings. The maximum atomic E-state index is 11.2.